The van der Waals surface area contributed by atoms with Crippen molar-refractivity contribution in [3.8, 4) is 0 Å². The van der Waals surface area contributed by atoms with Gasteiger partial charge in [0.15, 0.2) is 0 Å². The summed E-state index contributed by atoms with van der Waals surface area (Å²) in [5, 5.41) is 3.82. The summed E-state index contributed by atoms with van der Waals surface area (Å²) >= 11 is 0. The normalized spacial score (nSPS) is 28.7. The summed E-state index contributed by atoms with van der Waals surface area (Å²) in [6.07, 6.45) is 10.7. The van der Waals surface area contributed by atoms with Gasteiger partial charge in [-0.2, -0.15) is 0 Å². The van der Waals surface area contributed by atoms with Crippen LogP contribution in [0.3, 0.4) is 0 Å². The molecule has 1 aromatic carbocycles. The van der Waals surface area contributed by atoms with Crippen LogP contribution in [0.5, 0.6) is 0 Å². The molecule has 0 aliphatic heterocycles. The van der Waals surface area contributed by atoms with Crippen molar-refractivity contribution in [1.29, 1.82) is 0 Å². The molecule has 1 N–H and O–H groups in total. The smallest absolute Gasteiger partial charge is 0.123 e. The Balaban J connectivity index is 1.47. The van der Waals surface area contributed by atoms with E-state index in [1.165, 1.54) is 63.0 Å². The van der Waals surface area contributed by atoms with Crippen LogP contribution in [0.15, 0.2) is 24.3 Å². The topological polar surface area (TPSA) is 12.0 Å². The third kappa shape index (κ3) is 3.36. The summed E-state index contributed by atoms with van der Waals surface area (Å²) in [6, 6.07) is 8.53. The largest absolute Gasteiger partial charge is 0.311 e. The van der Waals surface area contributed by atoms with E-state index in [4.69, 9.17) is 0 Å². The fourth-order valence-corrected chi connectivity index (χ4v) is 3.57. The quantitative estimate of drug-likeness (QED) is 0.796. The summed E-state index contributed by atoms with van der Waals surface area (Å²) in [5.74, 6) is 0.469. The molecule has 2 aliphatic carbocycles. The number of hydrogen-bond donors (Lipinski definition) is 1. The van der Waals surface area contributed by atoms with Crippen molar-refractivity contribution in [2.24, 2.45) is 0 Å². The van der Waals surface area contributed by atoms with Crippen LogP contribution in [-0.2, 0) is 0 Å². The predicted molar refractivity (Wildman–Crippen MR) is 76.8 cm³/mol. The molecule has 2 saturated carbocycles. The number of rotatable bonds is 3. The Morgan fingerprint density at radius 3 is 2.37 bits per heavy atom. The van der Waals surface area contributed by atoms with Gasteiger partial charge in [0.1, 0.15) is 5.82 Å². The van der Waals surface area contributed by atoms with E-state index in [0.29, 0.717) is 12.0 Å². The molecule has 0 radical (unpaired) electrons. The maximum absolute atomic E-state index is 13.2. The summed E-state index contributed by atoms with van der Waals surface area (Å²) in [5.41, 5.74) is 1.18. The summed E-state index contributed by atoms with van der Waals surface area (Å²) in [6.45, 7) is 0. The van der Waals surface area contributed by atoms with Crippen LogP contribution in [-0.4, -0.2) is 12.1 Å². The van der Waals surface area contributed by atoms with Crippen molar-refractivity contribution in [3.63, 3.8) is 0 Å². The fraction of sp³-hybridized carbons (Fsp3) is 0.647. The minimum atomic E-state index is -0.0994. The molecular weight excluding hydrogens is 237 g/mol. The van der Waals surface area contributed by atoms with Gasteiger partial charge in [0, 0.05) is 12.1 Å². The van der Waals surface area contributed by atoms with Gasteiger partial charge in [-0.05, 0) is 49.3 Å². The standard InChI is InChI=1S/C17H24FN/c18-15-7-5-6-13(10-15)14-11-17(12-14)19-16-8-3-1-2-4-9-16/h5-7,10,14,16-17,19H,1-4,8-9,11-12H2. The van der Waals surface area contributed by atoms with Gasteiger partial charge in [0.25, 0.3) is 0 Å². The molecule has 0 saturated heterocycles. The lowest BCUT2D eigenvalue weighted by molar-refractivity contribution is 0.254. The lowest BCUT2D eigenvalue weighted by Crippen LogP contribution is -2.45. The van der Waals surface area contributed by atoms with Gasteiger partial charge in [-0.25, -0.2) is 4.39 Å². The summed E-state index contributed by atoms with van der Waals surface area (Å²) in [7, 11) is 0. The minimum absolute atomic E-state index is 0.0994. The van der Waals surface area contributed by atoms with Gasteiger partial charge >= 0.3 is 0 Å². The molecular formula is C17H24FN. The van der Waals surface area contributed by atoms with Crippen LogP contribution in [0, 0.1) is 5.82 Å². The van der Waals surface area contributed by atoms with Gasteiger partial charge in [-0.1, -0.05) is 37.8 Å². The van der Waals surface area contributed by atoms with Gasteiger partial charge in [0.2, 0.25) is 0 Å². The van der Waals surface area contributed by atoms with Gasteiger partial charge in [-0.15, -0.1) is 0 Å². The molecule has 0 unspecified atom stereocenters. The van der Waals surface area contributed by atoms with Crippen LogP contribution in [0.4, 0.5) is 4.39 Å². The molecule has 19 heavy (non-hydrogen) atoms. The molecule has 0 spiro atoms. The van der Waals surface area contributed by atoms with E-state index in [2.05, 4.69) is 11.4 Å². The second-order valence-corrected chi connectivity index (χ2v) is 6.28. The van der Waals surface area contributed by atoms with Crippen LogP contribution in [0.2, 0.25) is 0 Å². The van der Waals surface area contributed by atoms with Crippen LogP contribution in [0.25, 0.3) is 0 Å². The van der Waals surface area contributed by atoms with E-state index >= 15 is 0 Å². The van der Waals surface area contributed by atoms with E-state index in [-0.39, 0.29) is 5.82 Å². The Kier molecular flexibility index (Phi) is 4.17. The fourth-order valence-electron chi connectivity index (χ4n) is 3.57. The van der Waals surface area contributed by atoms with Crippen LogP contribution < -0.4 is 5.32 Å². The monoisotopic (exact) mass is 261 g/mol. The number of nitrogens with one attached hydrogen (secondary N) is 1. The van der Waals surface area contributed by atoms with Crippen LogP contribution >= 0.6 is 0 Å². The van der Waals surface area contributed by atoms with Crippen molar-refractivity contribution >= 4 is 0 Å². The highest BCUT2D eigenvalue weighted by Gasteiger charge is 2.31. The number of hydrogen-bond acceptors (Lipinski definition) is 1. The highest BCUT2D eigenvalue weighted by Crippen LogP contribution is 2.37. The van der Waals surface area contributed by atoms with Gasteiger partial charge in [-0.3, -0.25) is 0 Å². The van der Waals surface area contributed by atoms with Crippen molar-refractivity contribution < 1.29 is 4.39 Å². The zero-order chi connectivity index (χ0) is 13.1. The molecule has 0 atom stereocenters. The van der Waals surface area contributed by atoms with Crippen molar-refractivity contribution in [2.45, 2.75) is 69.4 Å². The molecule has 0 amide bonds. The second kappa shape index (κ2) is 6.04. The maximum Gasteiger partial charge on any atom is 0.123 e. The Morgan fingerprint density at radius 1 is 0.947 bits per heavy atom. The number of benzene rings is 1. The maximum atomic E-state index is 13.2. The Labute approximate surface area is 115 Å². The SMILES string of the molecule is Fc1cccc(C2CC(NC3CCCCCC3)C2)c1. The highest BCUT2D eigenvalue weighted by molar-refractivity contribution is 5.23. The van der Waals surface area contributed by atoms with Crippen LogP contribution in [0.1, 0.15) is 62.8 Å². The van der Waals surface area contributed by atoms with E-state index in [0.717, 1.165) is 6.04 Å². The van der Waals surface area contributed by atoms with E-state index in [1.807, 2.05) is 6.07 Å². The second-order valence-electron chi connectivity index (χ2n) is 6.28. The van der Waals surface area contributed by atoms with E-state index in [1.54, 1.807) is 6.07 Å². The average Bonchev–Trinajstić information content (AvgIpc) is 2.61. The third-order valence-corrected chi connectivity index (χ3v) is 4.78. The lowest BCUT2D eigenvalue weighted by atomic mass is 9.75. The molecule has 2 fully saturated rings. The molecule has 0 aromatic heterocycles. The van der Waals surface area contributed by atoms with E-state index in [9.17, 15) is 4.39 Å². The summed E-state index contributed by atoms with van der Waals surface area (Å²) < 4.78 is 13.2. The average molecular weight is 261 g/mol. The Morgan fingerprint density at radius 2 is 1.68 bits per heavy atom. The van der Waals surface area contributed by atoms with Crippen molar-refractivity contribution in [3.05, 3.63) is 35.6 Å². The number of halogens is 1. The minimum Gasteiger partial charge on any atom is -0.311 e. The Bertz CT molecular complexity index is 403. The Hall–Kier alpha value is -0.890. The highest BCUT2D eigenvalue weighted by atomic mass is 19.1. The van der Waals surface area contributed by atoms with Crippen molar-refractivity contribution in [2.75, 3.05) is 0 Å². The molecule has 0 heterocycles. The first kappa shape index (κ1) is 13.1. The molecule has 2 heteroatoms. The van der Waals surface area contributed by atoms with Crippen molar-refractivity contribution in [1.82, 2.24) is 5.32 Å². The molecule has 0 bridgehead atoms. The zero-order valence-corrected chi connectivity index (χ0v) is 11.6. The first-order valence-corrected chi connectivity index (χ1v) is 7.83. The zero-order valence-electron chi connectivity index (χ0n) is 11.6. The molecule has 2 aliphatic rings. The van der Waals surface area contributed by atoms with Gasteiger partial charge < -0.3 is 5.32 Å². The molecule has 3 rings (SSSR count). The summed E-state index contributed by atoms with van der Waals surface area (Å²) in [4.78, 5) is 0. The predicted octanol–water partition coefficient (Wildman–Crippen LogP) is 4.38. The van der Waals surface area contributed by atoms with Gasteiger partial charge in [0.05, 0.1) is 0 Å². The molecule has 1 aromatic rings. The lowest BCUT2D eigenvalue weighted by Gasteiger charge is -2.38. The first-order chi connectivity index (χ1) is 9.31. The molecule has 104 valence electrons. The van der Waals surface area contributed by atoms with E-state index < -0.39 is 0 Å². The molecule has 1 nitrogen and oxygen atoms in total. The third-order valence-electron chi connectivity index (χ3n) is 4.78. The first-order valence-electron chi connectivity index (χ1n) is 7.83.